The van der Waals surface area contributed by atoms with Crippen LogP contribution in [0.2, 0.25) is 0 Å². The number of fused-ring (bicyclic) bond motifs is 2. The number of anilines is 2. The lowest BCUT2D eigenvalue weighted by molar-refractivity contribution is 0.170. The molecule has 0 saturated heterocycles. The molecule has 0 aliphatic rings. The summed E-state index contributed by atoms with van der Waals surface area (Å²) in [6.07, 6.45) is 3.52. The minimum absolute atomic E-state index is 0.0905. The van der Waals surface area contributed by atoms with Gasteiger partial charge in [-0.25, -0.2) is 9.97 Å². The lowest BCUT2D eigenvalue weighted by Crippen LogP contribution is -2.35. The highest BCUT2D eigenvalue weighted by Crippen LogP contribution is 2.36. The maximum atomic E-state index is 9.18. The average molecular weight is 446 g/mol. The van der Waals surface area contributed by atoms with Gasteiger partial charge in [0.15, 0.2) is 5.82 Å². The summed E-state index contributed by atoms with van der Waals surface area (Å²) in [6.45, 7) is 0.406. The van der Waals surface area contributed by atoms with Gasteiger partial charge < -0.3 is 25.8 Å². The Kier molecular flexibility index (Phi) is 5.83. The van der Waals surface area contributed by atoms with E-state index in [0.29, 0.717) is 6.54 Å². The standard InChI is InChI=1S/C24H23N5O2S/c30-12-19(13-31)26-11-15-1-3-16(4-2-15)22-10-21-23(32-22)24(28-14-27-21)29-18-5-6-20-17(9-18)7-8-25-20/h1-10,14,19,25-26,30-31H,11-13H2,(H,27,28,29). The Hall–Kier alpha value is -3.30. The molecule has 162 valence electrons. The molecule has 0 spiro atoms. The summed E-state index contributed by atoms with van der Waals surface area (Å²) in [6, 6.07) is 18.3. The third-order valence-corrected chi connectivity index (χ3v) is 6.58. The maximum Gasteiger partial charge on any atom is 0.151 e. The molecule has 3 aromatic heterocycles. The van der Waals surface area contributed by atoms with Gasteiger partial charge in [0.05, 0.1) is 29.5 Å². The van der Waals surface area contributed by atoms with E-state index in [-0.39, 0.29) is 19.3 Å². The first kappa shape index (κ1) is 20.6. The number of aromatic amines is 1. The van der Waals surface area contributed by atoms with Crippen molar-refractivity contribution in [3.8, 4) is 10.4 Å². The van der Waals surface area contributed by atoms with Crippen LogP contribution < -0.4 is 10.6 Å². The van der Waals surface area contributed by atoms with Crippen LogP contribution in [0.3, 0.4) is 0 Å². The van der Waals surface area contributed by atoms with Crippen molar-refractivity contribution in [2.45, 2.75) is 12.6 Å². The van der Waals surface area contributed by atoms with Gasteiger partial charge in [-0.3, -0.25) is 0 Å². The highest BCUT2D eigenvalue weighted by atomic mass is 32.1. The van der Waals surface area contributed by atoms with Crippen LogP contribution in [0.25, 0.3) is 31.6 Å². The third-order valence-electron chi connectivity index (χ3n) is 5.40. The van der Waals surface area contributed by atoms with Crippen LogP contribution in [0.4, 0.5) is 11.5 Å². The van der Waals surface area contributed by atoms with Crippen LogP contribution in [0.5, 0.6) is 0 Å². The normalized spacial score (nSPS) is 11.6. The number of benzene rings is 2. The summed E-state index contributed by atoms with van der Waals surface area (Å²) in [7, 11) is 0. The highest BCUT2D eigenvalue weighted by molar-refractivity contribution is 7.22. The van der Waals surface area contributed by atoms with Crippen molar-refractivity contribution in [1.82, 2.24) is 20.3 Å². The molecule has 0 amide bonds. The number of aromatic nitrogens is 3. The number of hydrogen-bond acceptors (Lipinski definition) is 7. The monoisotopic (exact) mass is 445 g/mol. The molecule has 0 aliphatic heterocycles. The van der Waals surface area contributed by atoms with Crippen molar-refractivity contribution in [3.05, 3.63) is 72.7 Å². The number of H-pyrrole nitrogens is 1. The SMILES string of the molecule is OCC(CO)NCc1ccc(-c2cc3ncnc(Nc4ccc5[nH]ccc5c4)c3s2)cc1. The first-order valence-electron chi connectivity index (χ1n) is 10.4. The zero-order valence-electron chi connectivity index (χ0n) is 17.2. The van der Waals surface area contributed by atoms with Gasteiger partial charge in [-0.2, -0.15) is 0 Å². The fraction of sp³-hybridized carbons (Fsp3) is 0.167. The van der Waals surface area contributed by atoms with E-state index in [2.05, 4.69) is 68.1 Å². The molecule has 0 saturated carbocycles. The second kappa shape index (κ2) is 9.05. The van der Waals surface area contributed by atoms with E-state index in [1.165, 1.54) is 0 Å². The quantitative estimate of drug-likeness (QED) is 0.247. The Labute approximate surface area is 188 Å². The van der Waals surface area contributed by atoms with Crippen LogP contribution in [-0.2, 0) is 6.54 Å². The fourth-order valence-corrected chi connectivity index (χ4v) is 4.65. The van der Waals surface area contributed by atoms with Gasteiger partial charge in [0.1, 0.15) is 6.33 Å². The summed E-state index contributed by atoms with van der Waals surface area (Å²) < 4.78 is 1.01. The summed E-state index contributed by atoms with van der Waals surface area (Å²) in [5.41, 5.74) is 5.18. The molecule has 0 unspecified atom stereocenters. The number of nitrogens with zero attached hydrogens (tertiary/aromatic N) is 2. The average Bonchev–Trinajstić information content (AvgIpc) is 3.47. The minimum atomic E-state index is -0.306. The molecule has 0 fully saturated rings. The van der Waals surface area contributed by atoms with Crippen LogP contribution >= 0.6 is 11.3 Å². The van der Waals surface area contributed by atoms with Crippen molar-refractivity contribution in [3.63, 3.8) is 0 Å². The van der Waals surface area contributed by atoms with E-state index in [0.717, 1.165) is 48.6 Å². The molecule has 32 heavy (non-hydrogen) atoms. The number of rotatable bonds is 8. The number of aliphatic hydroxyl groups is 2. The predicted octanol–water partition coefficient (Wildman–Crippen LogP) is 4.03. The molecule has 2 aromatic carbocycles. The largest absolute Gasteiger partial charge is 0.395 e. The van der Waals surface area contributed by atoms with Crippen LogP contribution in [0.1, 0.15) is 5.56 Å². The van der Waals surface area contributed by atoms with E-state index in [1.807, 2.05) is 18.3 Å². The fourth-order valence-electron chi connectivity index (χ4n) is 3.59. The smallest absolute Gasteiger partial charge is 0.151 e. The number of nitrogens with one attached hydrogen (secondary N) is 3. The van der Waals surface area contributed by atoms with Gasteiger partial charge in [0, 0.05) is 34.2 Å². The highest BCUT2D eigenvalue weighted by Gasteiger charge is 2.11. The van der Waals surface area contributed by atoms with Gasteiger partial charge in [0.2, 0.25) is 0 Å². The van der Waals surface area contributed by atoms with Gasteiger partial charge >= 0.3 is 0 Å². The first-order chi connectivity index (χ1) is 15.7. The predicted molar refractivity (Wildman–Crippen MR) is 129 cm³/mol. The summed E-state index contributed by atoms with van der Waals surface area (Å²) in [5.74, 6) is 0.793. The van der Waals surface area contributed by atoms with E-state index >= 15 is 0 Å². The molecule has 5 rings (SSSR count). The first-order valence-corrected chi connectivity index (χ1v) is 11.2. The van der Waals surface area contributed by atoms with Gasteiger partial charge in [0.25, 0.3) is 0 Å². The Morgan fingerprint density at radius 1 is 0.969 bits per heavy atom. The van der Waals surface area contributed by atoms with E-state index in [9.17, 15) is 10.2 Å². The number of thiophene rings is 1. The minimum Gasteiger partial charge on any atom is -0.395 e. The van der Waals surface area contributed by atoms with Gasteiger partial charge in [-0.1, -0.05) is 24.3 Å². The van der Waals surface area contributed by atoms with Crippen molar-refractivity contribution in [2.24, 2.45) is 0 Å². The topological polar surface area (TPSA) is 106 Å². The second-order valence-electron chi connectivity index (χ2n) is 7.59. The van der Waals surface area contributed by atoms with Crippen LogP contribution in [-0.4, -0.2) is 44.4 Å². The summed E-state index contributed by atoms with van der Waals surface area (Å²) in [4.78, 5) is 13.3. The molecule has 0 bridgehead atoms. The molecule has 0 atom stereocenters. The molecular weight excluding hydrogens is 422 g/mol. The second-order valence-corrected chi connectivity index (χ2v) is 8.64. The molecular formula is C24H23N5O2S. The molecule has 5 N–H and O–H groups in total. The summed E-state index contributed by atoms with van der Waals surface area (Å²) in [5, 5.41) is 26.1. The molecule has 0 radical (unpaired) electrons. The lowest BCUT2D eigenvalue weighted by atomic mass is 10.1. The van der Waals surface area contributed by atoms with Gasteiger partial charge in [-0.15, -0.1) is 11.3 Å². The third kappa shape index (κ3) is 4.21. The van der Waals surface area contributed by atoms with Gasteiger partial charge in [-0.05, 0) is 41.5 Å². The van der Waals surface area contributed by atoms with Crippen LogP contribution in [0.15, 0.2) is 67.1 Å². The molecule has 8 heteroatoms. The Morgan fingerprint density at radius 3 is 2.62 bits per heavy atom. The zero-order valence-corrected chi connectivity index (χ0v) is 18.1. The number of hydrogen-bond donors (Lipinski definition) is 5. The molecule has 3 heterocycles. The number of aliphatic hydroxyl groups excluding tert-OH is 2. The van der Waals surface area contributed by atoms with E-state index in [1.54, 1.807) is 17.7 Å². The molecule has 0 aliphatic carbocycles. The van der Waals surface area contributed by atoms with Crippen molar-refractivity contribution >= 4 is 44.0 Å². The molecule has 7 nitrogen and oxygen atoms in total. The Balaban J connectivity index is 1.37. The van der Waals surface area contributed by atoms with Crippen molar-refractivity contribution < 1.29 is 10.2 Å². The lowest BCUT2D eigenvalue weighted by Gasteiger charge is -2.13. The van der Waals surface area contributed by atoms with Crippen molar-refractivity contribution in [1.29, 1.82) is 0 Å². The Morgan fingerprint density at radius 2 is 1.81 bits per heavy atom. The zero-order chi connectivity index (χ0) is 21.9. The van der Waals surface area contributed by atoms with Crippen molar-refractivity contribution in [2.75, 3.05) is 18.5 Å². The van der Waals surface area contributed by atoms with Crippen LogP contribution in [0, 0.1) is 0 Å². The van der Waals surface area contributed by atoms with E-state index in [4.69, 9.17) is 0 Å². The van der Waals surface area contributed by atoms with E-state index < -0.39 is 0 Å². The maximum absolute atomic E-state index is 9.18. The molecule has 5 aromatic rings. The summed E-state index contributed by atoms with van der Waals surface area (Å²) >= 11 is 1.66. The Bertz CT molecular complexity index is 1340.